The molecule has 0 aliphatic carbocycles. The summed E-state index contributed by atoms with van der Waals surface area (Å²) in [7, 11) is 0. The van der Waals surface area contributed by atoms with Crippen LogP contribution in [0.2, 0.25) is 0 Å². The lowest BCUT2D eigenvalue weighted by Gasteiger charge is -2.18. The maximum absolute atomic E-state index is 3.66. The zero-order chi connectivity index (χ0) is 11.8. The van der Waals surface area contributed by atoms with Crippen LogP contribution in [0.1, 0.15) is 57.4 Å². The summed E-state index contributed by atoms with van der Waals surface area (Å²) in [6.07, 6.45) is 5.35. The molecular weight excluding hydrogens is 214 g/mol. The summed E-state index contributed by atoms with van der Waals surface area (Å²) in [4.78, 5) is 1.45. The lowest BCUT2D eigenvalue weighted by atomic mass is 9.99. The van der Waals surface area contributed by atoms with Crippen LogP contribution in [-0.2, 0) is 0 Å². The van der Waals surface area contributed by atoms with Crippen molar-refractivity contribution in [2.75, 3.05) is 6.54 Å². The van der Waals surface area contributed by atoms with Crippen molar-refractivity contribution in [3.8, 4) is 0 Å². The van der Waals surface area contributed by atoms with Crippen molar-refractivity contribution < 1.29 is 0 Å². The molecule has 0 radical (unpaired) electrons. The molecule has 2 atom stereocenters. The summed E-state index contributed by atoms with van der Waals surface area (Å²) >= 11 is 1.85. The minimum absolute atomic E-state index is 0.510. The van der Waals surface area contributed by atoms with Gasteiger partial charge in [0.05, 0.1) is 0 Å². The van der Waals surface area contributed by atoms with Gasteiger partial charge in [0.1, 0.15) is 0 Å². The minimum atomic E-state index is 0.510. The fourth-order valence-electron chi connectivity index (χ4n) is 1.93. The predicted octanol–water partition coefficient (Wildman–Crippen LogP) is 4.62. The van der Waals surface area contributed by atoms with Gasteiger partial charge in [0.25, 0.3) is 0 Å². The molecule has 16 heavy (non-hydrogen) atoms. The summed E-state index contributed by atoms with van der Waals surface area (Å²) in [5, 5.41) is 5.81. The normalized spacial score (nSPS) is 14.9. The molecular formula is C14H25NS. The van der Waals surface area contributed by atoms with E-state index in [9.17, 15) is 0 Å². The molecule has 0 amide bonds. The van der Waals surface area contributed by atoms with Gasteiger partial charge in [0.2, 0.25) is 0 Å². The highest BCUT2D eigenvalue weighted by Gasteiger charge is 2.09. The molecule has 1 nitrogen and oxygen atoms in total. The smallest absolute Gasteiger partial charge is 0.0386 e. The number of unbranched alkanes of at least 4 members (excludes halogenated alkanes) is 1. The van der Waals surface area contributed by atoms with Gasteiger partial charge in [-0.3, -0.25) is 0 Å². The summed E-state index contributed by atoms with van der Waals surface area (Å²) in [5.74, 6) is 0.849. The van der Waals surface area contributed by atoms with Gasteiger partial charge in [-0.15, -0.1) is 11.3 Å². The van der Waals surface area contributed by atoms with E-state index in [4.69, 9.17) is 0 Å². The SMILES string of the molecule is CCCCC(CC)CNC(C)c1cccs1. The van der Waals surface area contributed by atoms with E-state index in [1.54, 1.807) is 0 Å². The van der Waals surface area contributed by atoms with Gasteiger partial charge in [-0.05, 0) is 37.3 Å². The van der Waals surface area contributed by atoms with Crippen LogP contribution in [0.15, 0.2) is 17.5 Å². The van der Waals surface area contributed by atoms with Crippen LogP contribution in [0.25, 0.3) is 0 Å². The van der Waals surface area contributed by atoms with E-state index in [1.165, 1.54) is 30.6 Å². The molecule has 0 bridgehead atoms. The average molecular weight is 239 g/mol. The Hall–Kier alpha value is -0.340. The summed E-state index contributed by atoms with van der Waals surface area (Å²) in [6.45, 7) is 8.00. The number of rotatable bonds is 8. The molecule has 0 aliphatic rings. The van der Waals surface area contributed by atoms with Gasteiger partial charge in [-0.2, -0.15) is 0 Å². The Bertz CT molecular complexity index is 256. The van der Waals surface area contributed by atoms with Crippen LogP contribution < -0.4 is 5.32 Å². The molecule has 2 unspecified atom stereocenters. The van der Waals surface area contributed by atoms with E-state index in [0.717, 1.165) is 12.5 Å². The molecule has 1 rings (SSSR count). The third kappa shape index (κ3) is 4.67. The highest BCUT2D eigenvalue weighted by Crippen LogP contribution is 2.19. The summed E-state index contributed by atoms with van der Waals surface area (Å²) in [6, 6.07) is 4.86. The van der Waals surface area contributed by atoms with Crippen molar-refractivity contribution in [2.45, 2.75) is 52.5 Å². The third-order valence-corrected chi connectivity index (χ3v) is 4.28. The van der Waals surface area contributed by atoms with Gasteiger partial charge < -0.3 is 5.32 Å². The van der Waals surface area contributed by atoms with Gasteiger partial charge in [-0.1, -0.05) is 39.2 Å². The maximum Gasteiger partial charge on any atom is 0.0386 e. The number of thiophene rings is 1. The minimum Gasteiger partial charge on any atom is -0.309 e. The second-order valence-electron chi connectivity index (χ2n) is 4.56. The quantitative estimate of drug-likeness (QED) is 0.698. The van der Waals surface area contributed by atoms with Gasteiger partial charge in [0.15, 0.2) is 0 Å². The van der Waals surface area contributed by atoms with E-state index in [2.05, 4.69) is 43.6 Å². The van der Waals surface area contributed by atoms with Gasteiger partial charge in [0, 0.05) is 10.9 Å². The van der Waals surface area contributed by atoms with Crippen molar-refractivity contribution in [1.29, 1.82) is 0 Å². The lowest BCUT2D eigenvalue weighted by molar-refractivity contribution is 0.400. The van der Waals surface area contributed by atoms with Crippen molar-refractivity contribution in [2.24, 2.45) is 5.92 Å². The molecule has 1 aromatic heterocycles. The average Bonchev–Trinajstić information content (AvgIpc) is 2.82. The second-order valence-corrected chi connectivity index (χ2v) is 5.54. The molecule has 2 heteroatoms. The Kier molecular flexibility index (Phi) is 6.74. The van der Waals surface area contributed by atoms with Crippen LogP contribution in [0, 0.1) is 5.92 Å². The molecule has 0 aromatic carbocycles. The maximum atomic E-state index is 3.66. The Balaban J connectivity index is 2.26. The standard InChI is InChI=1S/C14H25NS/c1-4-6-8-13(5-2)11-15-12(3)14-9-7-10-16-14/h7,9-10,12-13,15H,4-6,8,11H2,1-3H3. The summed E-state index contributed by atoms with van der Waals surface area (Å²) in [5.41, 5.74) is 0. The van der Waals surface area contributed by atoms with E-state index < -0.39 is 0 Å². The van der Waals surface area contributed by atoms with Crippen molar-refractivity contribution >= 4 is 11.3 Å². The molecule has 0 aliphatic heterocycles. The molecule has 0 fully saturated rings. The van der Waals surface area contributed by atoms with Crippen molar-refractivity contribution in [3.63, 3.8) is 0 Å². The number of nitrogens with one attached hydrogen (secondary N) is 1. The fourth-order valence-corrected chi connectivity index (χ4v) is 2.68. The van der Waals surface area contributed by atoms with Crippen LogP contribution >= 0.6 is 11.3 Å². The van der Waals surface area contributed by atoms with Crippen LogP contribution in [-0.4, -0.2) is 6.54 Å². The predicted molar refractivity (Wildman–Crippen MR) is 74.0 cm³/mol. The molecule has 92 valence electrons. The molecule has 1 heterocycles. The largest absolute Gasteiger partial charge is 0.309 e. The number of hydrogen-bond acceptors (Lipinski definition) is 2. The first-order chi connectivity index (χ1) is 7.77. The van der Waals surface area contributed by atoms with Crippen molar-refractivity contribution in [3.05, 3.63) is 22.4 Å². The highest BCUT2D eigenvalue weighted by molar-refractivity contribution is 7.10. The Morgan fingerprint density at radius 3 is 2.75 bits per heavy atom. The Labute approximate surface area is 104 Å². The lowest BCUT2D eigenvalue weighted by Crippen LogP contribution is -2.25. The zero-order valence-electron chi connectivity index (χ0n) is 10.8. The van der Waals surface area contributed by atoms with E-state index >= 15 is 0 Å². The van der Waals surface area contributed by atoms with E-state index in [-0.39, 0.29) is 0 Å². The molecule has 1 N–H and O–H groups in total. The van der Waals surface area contributed by atoms with Gasteiger partial charge in [-0.25, -0.2) is 0 Å². The van der Waals surface area contributed by atoms with Crippen molar-refractivity contribution in [1.82, 2.24) is 5.32 Å². The fraction of sp³-hybridized carbons (Fsp3) is 0.714. The molecule has 0 saturated heterocycles. The first-order valence-electron chi connectivity index (χ1n) is 6.54. The highest BCUT2D eigenvalue weighted by atomic mass is 32.1. The first-order valence-corrected chi connectivity index (χ1v) is 7.42. The first kappa shape index (κ1) is 13.7. The Morgan fingerprint density at radius 2 is 2.19 bits per heavy atom. The second kappa shape index (κ2) is 7.86. The zero-order valence-corrected chi connectivity index (χ0v) is 11.6. The van der Waals surface area contributed by atoms with Gasteiger partial charge >= 0.3 is 0 Å². The topological polar surface area (TPSA) is 12.0 Å². The Morgan fingerprint density at radius 1 is 1.38 bits per heavy atom. The third-order valence-electron chi connectivity index (χ3n) is 3.23. The number of hydrogen-bond donors (Lipinski definition) is 1. The molecule has 0 saturated carbocycles. The molecule has 0 spiro atoms. The van der Waals surface area contributed by atoms with Crippen LogP contribution in [0.5, 0.6) is 0 Å². The summed E-state index contributed by atoms with van der Waals surface area (Å²) < 4.78 is 0. The molecule has 1 aromatic rings. The van der Waals surface area contributed by atoms with E-state index in [0.29, 0.717) is 6.04 Å². The monoisotopic (exact) mass is 239 g/mol. The van der Waals surface area contributed by atoms with E-state index in [1.807, 2.05) is 11.3 Å². The van der Waals surface area contributed by atoms with Crippen LogP contribution in [0.4, 0.5) is 0 Å². The van der Waals surface area contributed by atoms with Crippen LogP contribution in [0.3, 0.4) is 0 Å².